The van der Waals surface area contributed by atoms with E-state index in [9.17, 15) is 9.59 Å². The first-order valence-corrected chi connectivity index (χ1v) is 11.5. The van der Waals surface area contributed by atoms with Gasteiger partial charge in [-0.1, -0.05) is 56.4 Å². The van der Waals surface area contributed by atoms with E-state index >= 15 is 0 Å². The molecule has 0 aromatic carbocycles. The zero-order valence-electron chi connectivity index (χ0n) is 14.1. The topological polar surface area (TPSA) is 34.1 Å². The molecule has 1 unspecified atom stereocenters. The Labute approximate surface area is 132 Å². The van der Waals surface area contributed by atoms with Crippen molar-refractivity contribution < 1.29 is 9.59 Å². The summed E-state index contributed by atoms with van der Waals surface area (Å²) in [6.07, 6.45) is 7.96. The van der Waals surface area contributed by atoms with Crippen LogP contribution in [0, 0.1) is 0 Å². The van der Waals surface area contributed by atoms with E-state index < -0.39 is 15.8 Å². The zero-order chi connectivity index (χ0) is 16.0. The molecule has 21 heavy (non-hydrogen) atoms. The smallest absolute Gasteiger partial charge is 0.151 e. The van der Waals surface area contributed by atoms with Gasteiger partial charge in [-0.2, -0.15) is 0 Å². The number of hydrogen-bond donors (Lipinski definition) is 0. The Kier molecular flexibility index (Phi) is 8.28. The summed E-state index contributed by atoms with van der Waals surface area (Å²) in [5.41, 5.74) is 1.69. The lowest BCUT2D eigenvalue weighted by molar-refractivity contribution is -0.106. The summed E-state index contributed by atoms with van der Waals surface area (Å²) in [7, 11) is -0.970. The fourth-order valence-electron chi connectivity index (χ4n) is 3.18. The Balaban J connectivity index is 3.05. The molecule has 0 radical (unpaired) electrons. The predicted molar refractivity (Wildman–Crippen MR) is 96.1 cm³/mol. The predicted octanol–water partition coefficient (Wildman–Crippen LogP) is 5.34. The van der Waals surface area contributed by atoms with E-state index in [1.165, 1.54) is 25.7 Å². The first kappa shape index (κ1) is 19.0. The number of unbranched alkanes of at least 4 members (excludes halogenated alkanes) is 1. The first-order valence-electron chi connectivity index (χ1n) is 8.13. The summed E-state index contributed by atoms with van der Waals surface area (Å²) in [4.78, 5) is 23.4. The van der Waals surface area contributed by atoms with E-state index in [0.717, 1.165) is 29.6 Å². The van der Waals surface area contributed by atoms with Crippen LogP contribution in [0.2, 0.25) is 0 Å². The molecule has 0 aromatic heterocycles. The average Bonchev–Trinajstić information content (AvgIpc) is 2.81. The maximum atomic E-state index is 11.7. The van der Waals surface area contributed by atoms with Crippen molar-refractivity contribution >= 4 is 28.4 Å². The number of hydrogen-bond acceptors (Lipinski definition) is 2. The minimum atomic E-state index is -0.520. The summed E-state index contributed by atoms with van der Waals surface area (Å²) in [5, 5.41) is 1.74. The SMILES string of the molecule is CCCC[C@@H](C)P(C)/C(C=O)=C(/C=O)P1[C@H](C)CC[C@H]1C. The number of allylic oxidation sites excluding steroid dienone is 2. The van der Waals surface area contributed by atoms with Gasteiger partial charge in [0, 0.05) is 10.6 Å². The second-order valence-corrected chi connectivity index (χ2v) is 11.9. The van der Waals surface area contributed by atoms with E-state index in [4.69, 9.17) is 0 Å². The van der Waals surface area contributed by atoms with Crippen LogP contribution in [-0.4, -0.2) is 36.2 Å². The molecular weight excluding hydrogens is 298 g/mol. The molecule has 1 aliphatic rings. The lowest BCUT2D eigenvalue weighted by atomic mass is 10.2. The third kappa shape index (κ3) is 4.70. The summed E-state index contributed by atoms with van der Waals surface area (Å²) in [5.74, 6) is 0. The standard InChI is InChI=1S/C17H30O2P2/c1-6-7-8-13(2)20(5)16(11-18)17(12-19)21-14(3)9-10-15(21)4/h11-15H,6-10H2,1-5H3/b17-16-/t13-,14-,15-,20?/m1/s1. The highest BCUT2D eigenvalue weighted by Gasteiger charge is 2.35. The second kappa shape index (κ2) is 9.16. The van der Waals surface area contributed by atoms with Gasteiger partial charge in [-0.15, -0.1) is 0 Å². The summed E-state index contributed by atoms with van der Waals surface area (Å²) < 4.78 is 0. The molecule has 0 saturated carbocycles. The van der Waals surface area contributed by atoms with Crippen molar-refractivity contribution in [2.45, 2.75) is 76.8 Å². The number of carbonyl (C=O) groups is 2. The van der Waals surface area contributed by atoms with Crippen molar-refractivity contribution in [2.24, 2.45) is 0 Å². The van der Waals surface area contributed by atoms with Crippen LogP contribution in [0.1, 0.15) is 59.8 Å². The molecule has 0 aromatic rings. The summed E-state index contributed by atoms with van der Waals surface area (Å²) in [6.45, 7) is 11.1. The Bertz CT molecular complexity index is 382. The molecule has 2 nitrogen and oxygen atoms in total. The molecule has 1 rings (SSSR count). The average molecular weight is 328 g/mol. The molecule has 0 spiro atoms. The van der Waals surface area contributed by atoms with Crippen molar-refractivity contribution in [3.05, 3.63) is 10.6 Å². The summed E-state index contributed by atoms with van der Waals surface area (Å²) in [6, 6.07) is 0. The Morgan fingerprint density at radius 3 is 2.24 bits per heavy atom. The maximum absolute atomic E-state index is 11.7. The van der Waals surface area contributed by atoms with Gasteiger partial charge in [0.05, 0.1) is 0 Å². The van der Waals surface area contributed by atoms with E-state index in [1.807, 2.05) is 0 Å². The number of rotatable bonds is 8. The van der Waals surface area contributed by atoms with Crippen LogP contribution in [0.3, 0.4) is 0 Å². The van der Waals surface area contributed by atoms with Crippen LogP contribution in [-0.2, 0) is 9.59 Å². The van der Waals surface area contributed by atoms with E-state index in [1.54, 1.807) is 0 Å². The fraction of sp³-hybridized carbons (Fsp3) is 0.765. The van der Waals surface area contributed by atoms with Gasteiger partial charge in [0.1, 0.15) is 0 Å². The summed E-state index contributed by atoms with van der Waals surface area (Å²) >= 11 is 0. The molecule has 0 N–H and O–H groups in total. The van der Waals surface area contributed by atoms with Crippen molar-refractivity contribution in [1.29, 1.82) is 0 Å². The van der Waals surface area contributed by atoms with Gasteiger partial charge in [0.2, 0.25) is 0 Å². The normalized spacial score (nSPS) is 27.1. The second-order valence-electron chi connectivity index (χ2n) is 6.29. The van der Waals surface area contributed by atoms with Crippen LogP contribution >= 0.6 is 15.8 Å². The third-order valence-electron chi connectivity index (χ3n) is 4.73. The van der Waals surface area contributed by atoms with E-state index in [0.29, 0.717) is 17.0 Å². The van der Waals surface area contributed by atoms with Crippen molar-refractivity contribution in [3.63, 3.8) is 0 Å². The van der Waals surface area contributed by atoms with Gasteiger partial charge >= 0.3 is 0 Å². The van der Waals surface area contributed by atoms with Crippen molar-refractivity contribution in [1.82, 2.24) is 0 Å². The Hall–Kier alpha value is -0.0600. The third-order valence-corrected chi connectivity index (χ3v) is 10.9. The van der Waals surface area contributed by atoms with Gasteiger partial charge < -0.3 is 0 Å². The largest absolute Gasteiger partial charge is 0.298 e. The van der Waals surface area contributed by atoms with Crippen LogP contribution < -0.4 is 0 Å². The monoisotopic (exact) mass is 328 g/mol. The van der Waals surface area contributed by atoms with Gasteiger partial charge in [0.25, 0.3) is 0 Å². The Morgan fingerprint density at radius 1 is 1.24 bits per heavy atom. The minimum Gasteiger partial charge on any atom is -0.298 e. The highest BCUT2D eigenvalue weighted by Crippen LogP contribution is 2.64. The number of carbonyl (C=O) groups excluding carboxylic acids is 2. The van der Waals surface area contributed by atoms with Crippen LogP contribution in [0.5, 0.6) is 0 Å². The molecule has 0 aliphatic carbocycles. The van der Waals surface area contributed by atoms with E-state index in [2.05, 4.69) is 34.4 Å². The van der Waals surface area contributed by atoms with Crippen molar-refractivity contribution in [3.8, 4) is 0 Å². The van der Waals surface area contributed by atoms with Gasteiger partial charge in [0.15, 0.2) is 12.6 Å². The quantitative estimate of drug-likeness (QED) is 0.342. The van der Waals surface area contributed by atoms with Gasteiger partial charge in [-0.05, 0) is 42.9 Å². The first-order chi connectivity index (χ1) is 9.97. The van der Waals surface area contributed by atoms with Gasteiger partial charge in [-0.3, -0.25) is 9.59 Å². The highest BCUT2D eigenvalue weighted by atomic mass is 31.1. The zero-order valence-corrected chi connectivity index (χ0v) is 15.9. The molecule has 0 amide bonds. The van der Waals surface area contributed by atoms with Crippen LogP contribution in [0.4, 0.5) is 0 Å². The molecule has 4 heteroatoms. The maximum Gasteiger partial charge on any atom is 0.151 e. The molecule has 0 bridgehead atoms. The van der Waals surface area contributed by atoms with Crippen LogP contribution in [0.25, 0.3) is 0 Å². The molecule has 120 valence electrons. The highest BCUT2D eigenvalue weighted by molar-refractivity contribution is 7.68. The van der Waals surface area contributed by atoms with E-state index in [-0.39, 0.29) is 0 Å². The van der Waals surface area contributed by atoms with Gasteiger partial charge in [-0.25, -0.2) is 0 Å². The minimum absolute atomic E-state index is 0.450. The van der Waals surface area contributed by atoms with Crippen LogP contribution in [0.15, 0.2) is 10.6 Å². The number of aldehydes is 2. The lowest BCUT2D eigenvalue weighted by Crippen LogP contribution is -2.07. The van der Waals surface area contributed by atoms with Crippen molar-refractivity contribution in [2.75, 3.05) is 6.66 Å². The lowest BCUT2D eigenvalue weighted by Gasteiger charge is -2.27. The molecule has 1 aliphatic heterocycles. The molecular formula is C17H30O2P2. The fourth-order valence-corrected chi connectivity index (χ4v) is 8.73. The molecule has 1 fully saturated rings. The molecule has 4 atom stereocenters. The molecule has 1 heterocycles. The molecule has 1 saturated heterocycles. The Morgan fingerprint density at radius 2 is 1.81 bits per heavy atom.